The van der Waals surface area contributed by atoms with Gasteiger partial charge in [0, 0.05) is 38.7 Å². The number of benzene rings is 1. The number of para-hydroxylation sites is 2. The highest BCUT2D eigenvalue weighted by Crippen LogP contribution is 2.31. The van der Waals surface area contributed by atoms with E-state index in [0.717, 1.165) is 49.4 Å². The molecule has 8 nitrogen and oxygen atoms in total. The lowest BCUT2D eigenvalue weighted by molar-refractivity contribution is 0.181. The standard InChI is InChI=1S/C21H25N7O/c1-3-19-25-17-6-4-5-7-18(17)27(19)16-8-10-26(11-9-16)20-12-15(13-29-2)24-21-22-14-23-28(20)21/h4-7,12,14,16H,3,8-11,13H2,1-2H3. The van der Waals surface area contributed by atoms with Crippen molar-refractivity contribution < 1.29 is 4.74 Å². The lowest BCUT2D eigenvalue weighted by Crippen LogP contribution is -2.36. The van der Waals surface area contributed by atoms with E-state index in [1.807, 2.05) is 4.52 Å². The summed E-state index contributed by atoms with van der Waals surface area (Å²) < 4.78 is 9.56. The Labute approximate surface area is 169 Å². The van der Waals surface area contributed by atoms with Crippen LogP contribution < -0.4 is 4.90 Å². The molecule has 0 unspecified atom stereocenters. The molecule has 0 spiro atoms. The van der Waals surface area contributed by atoms with Crippen LogP contribution in [0.15, 0.2) is 36.7 Å². The van der Waals surface area contributed by atoms with Crippen molar-refractivity contribution in [2.45, 2.75) is 38.8 Å². The number of methoxy groups -OCH3 is 1. The molecule has 4 heterocycles. The number of piperidine rings is 1. The molecule has 0 bridgehead atoms. The largest absolute Gasteiger partial charge is 0.378 e. The lowest BCUT2D eigenvalue weighted by Gasteiger charge is -2.35. The number of hydrogen-bond donors (Lipinski definition) is 0. The van der Waals surface area contributed by atoms with Gasteiger partial charge in [-0.1, -0.05) is 19.1 Å². The Morgan fingerprint density at radius 1 is 1.14 bits per heavy atom. The Morgan fingerprint density at radius 3 is 2.76 bits per heavy atom. The topological polar surface area (TPSA) is 73.4 Å². The average Bonchev–Trinajstić information content (AvgIpc) is 3.38. The van der Waals surface area contributed by atoms with Gasteiger partial charge in [-0.2, -0.15) is 14.6 Å². The van der Waals surface area contributed by atoms with Crippen LogP contribution in [0.2, 0.25) is 0 Å². The number of rotatable bonds is 5. The highest BCUT2D eigenvalue weighted by Gasteiger charge is 2.26. The van der Waals surface area contributed by atoms with Crippen LogP contribution in [-0.4, -0.2) is 49.3 Å². The number of imidazole rings is 1. The average molecular weight is 391 g/mol. The van der Waals surface area contributed by atoms with Crippen LogP contribution in [-0.2, 0) is 17.8 Å². The van der Waals surface area contributed by atoms with Crippen molar-refractivity contribution >= 4 is 22.6 Å². The fourth-order valence-electron chi connectivity index (χ4n) is 4.40. The molecule has 0 amide bonds. The number of fused-ring (bicyclic) bond motifs is 2. The van der Waals surface area contributed by atoms with Crippen molar-refractivity contribution in [3.63, 3.8) is 0 Å². The molecule has 4 aromatic rings. The predicted molar refractivity (Wildman–Crippen MR) is 111 cm³/mol. The second kappa shape index (κ2) is 7.44. The highest BCUT2D eigenvalue weighted by atomic mass is 16.5. The van der Waals surface area contributed by atoms with Crippen molar-refractivity contribution in [2.75, 3.05) is 25.1 Å². The molecule has 0 saturated carbocycles. The molecule has 3 aromatic heterocycles. The molecule has 0 radical (unpaired) electrons. The second-order valence-electron chi connectivity index (χ2n) is 7.47. The third-order valence-corrected chi connectivity index (χ3v) is 5.72. The number of ether oxygens (including phenoxy) is 1. The summed E-state index contributed by atoms with van der Waals surface area (Å²) in [7, 11) is 1.68. The van der Waals surface area contributed by atoms with Gasteiger partial charge in [-0.15, -0.1) is 0 Å². The zero-order valence-electron chi connectivity index (χ0n) is 16.8. The van der Waals surface area contributed by atoms with E-state index in [2.05, 4.69) is 61.8 Å². The maximum absolute atomic E-state index is 5.28. The van der Waals surface area contributed by atoms with Gasteiger partial charge in [0.1, 0.15) is 18.0 Å². The molecule has 1 aromatic carbocycles. The maximum atomic E-state index is 5.28. The van der Waals surface area contributed by atoms with Gasteiger partial charge >= 0.3 is 0 Å². The first-order valence-electron chi connectivity index (χ1n) is 10.2. The summed E-state index contributed by atoms with van der Waals surface area (Å²) in [6.45, 7) is 4.55. The summed E-state index contributed by atoms with van der Waals surface area (Å²) >= 11 is 0. The van der Waals surface area contributed by atoms with Gasteiger partial charge in [0.25, 0.3) is 5.78 Å². The number of hydrogen-bond acceptors (Lipinski definition) is 6. The monoisotopic (exact) mass is 391 g/mol. The van der Waals surface area contributed by atoms with Crippen molar-refractivity contribution in [3.05, 3.63) is 48.2 Å². The summed E-state index contributed by atoms with van der Waals surface area (Å²) in [5.41, 5.74) is 3.21. The number of aryl methyl sites for hydroxylation is 1. The van der Waals surface area contributed by atoms with Crippen molar-refractivity contribution in [1.29, 1.82) is 0 Å². The van der Waals surface area contributed by atoms with E-state index in [1.54, 1.807) is 13.4 Å². The van der Waals surface area contributed by atoms with Gasteiger partial charge in [-0.3, -0.25) is 0 Å². The minimum Gasteiger partial charge on any atom is -0.378 e. The van der Waals surface area contributed by atoms with Gasteiger partial charge in [0.05, 0.1) is 23.3 Å². The lowest BCUT2D eigenvalue weighted by atomic mass is 10.0. The fourth-order valence-corrected chi connectivity index (χ4v) is 4.40. The number of aromatic nitrogens is 6. The Balaban J connectivity index is 1.43. The van der Waals surface area contributed by atoms with E-state index >= 15 is 0 Å². The normalized spacial score (nSPS) is 15.6. The van der Waals surface area contributed by atoms with Crippen LogP contribution in [0.5, 0.6) is 0 Å². The third-order valence-electron chi connectivity index (χ3n) is 5.72. The zero-order chi connectivity index (χ0) is 19.8. The minimum atomic E-state index is 0.458. The fraction of sp³-hybridized carbons (Fsp3) is 0.429. The molecule has 5 rings (SSSR count). The smallest absolute Gasteiger partial charge is 0.254 e. The minimum absolute atomic E-state index is 0.458. The molecule has 1 saturated heterocycles. The number of nitrogens with zero attached hydrogens (tertiary/aromatic N) is 7. The van der Waals surface area contributed by atoms with Crippen molar-refractivity contribution in [3.8, 4) is 0 Å². The van der Waals surface area contributed by atoms with Gasteiger partial charge in [0.15, 0.2) is 0 Å². The summed E-state index contributed by atoms with van der Waals surface area (Å²) in [5, 5.41) is 4.38. The molecule has 1 fully saturated rings. The predicted octanol–water partition coefficient (Wildman–Crippen LogP) is 3.02. The van der Waals surface area contributed by atoms with Crippen LogP contribution in [0.1, 0.15) is 37.3 Å². The molecular formula is C21H25N7O. The first kappa shape index (κ1) is 18.1. The second-order valence-corrected chi connectivity index (χ2v) is 7.47. The Bertz CT molecular complexity index is 1140. The molecule has 0 N–H and O–H groups in total. The van der Waals surface area contributed by atoms with Gasteiger partial charge in [0.2, 0.25) is 0 Å². The van der Waals surface area contributed by atoms with E-state index in [4.69, 9.17) is 9.72 Å². The molecule has 1 aliphatic heterocycles. The van der Waals surface area contributed by atoms with Crippen LogP contribution in [0.3, 0.4) is 0 Å². The summed E-state index contributed by atoms with van der Waals surface area (Å²) in [4.78, 5) is 16.0. The molecular weight excluding hydrogens is 366 g/mol. The first-order chi connectivity index (χ1) is 14.3. The first-order valence-corrected chi connectivity index (χ1v) is 10.2. The van der Waals surface area contributed by atoms with E-state index < -0.39 is 0 Å². The Hall–Kier alpha value is -3.00. The molecule has 0 atom stereocenters. The van der Waals surface area contributed by atoms with Crippen molar-refractivity contribution in [1.82, 2.24) is 29.1 Å². The summed E-state index contributed by atoms with van der Waals surface area (Å²) in [5.74, 6) is 2.82. The van der Waals surface area contributed by atoms with E-state index in [-0.39, 0.29) is 0 Å². The van der Waals surface area contributed by atoms with Gasteiger partial charge in [-0.25, -0.2) is 9.97 Å². The van der Waals surface area contributed by atoms with E-state index in [1.165, 1.54) is 11.3 Å². The Kier molecular flexibility index (Phi) is 4.63. The molecule has 150 valence electrons. The van der Waals surface area contributed by atoms with Crippen LogP contribution in [0.25, 0.3) is 16.8 Å². The summed E-state index contributed by atoms with van der Waals surface area (Å²) in [6, 6.07) is 11.0. The van der Waals surface area contributed by atoms with Gasteiger partial charge < -0.3 is 14.2 Å². The maximum Gasteiger partial charge on any atom is 0.254 e. The third kappa shape index (κ3) is 3.13. The van der Waals surface area contributed by atoms with Crippen LogP contribution in [0.4, 0.5) is 5.82 Å². The SMILES string of the molecule is CCc1nc2ccccc2n1C1CCN(c2cc(COC)nc3ncnn23)CC1. The van der Waals surface area contributed by atoms with Crippen LogP contribution >= 0.6 is 0 Å². The highest BCUT2D eigenvalue weighted by molar-refractivity contribution is 5.76. The molecule has 8 heteroatoms. The summed E-state index contributed by atoms with van der Waals surface area (Å²) in [6.07, 6.45) is 4.62. The Morgan fingerprint density at radius 2 is 1.97 bits per heavy atom. The molecule has 29 heavy (non-hydrogen) atoms. The van der Waals surface area contributed by atoms with E-state index in [0.29, 0.717) is 18.4 Å². The van der Waals surface area contributed by atoms with Crippen molar-refractivity contribution in [2.24, 2.45) is 0 Å². The van der Waals surface area contributed by atoms with E-state index in [9.17, 15) is 0 Å². The molecule has 1 aliphatic rings. The quantitative estimate of drug-likeness (QED) is 0.521. The van der Waals surface area contributed by atoms with Gasteiger partial charge in [-0.05, 0) is 25.0 Å². The number of anilines is 1. The zero-order valence-corrected chi connectivity index (χ0v) is 16.8. The molecule has 0 aliphatic carbocycles. The van der Waals surface area contributed by atoms with Crippen LogP contribution in [0, 0.1) is 0 Å².